The monoisotopic (exact) mass is 575 g/mol. The number of nitrogens with zero attached hydrogens (tertiary/aromatic N) is 5. The second-order valence-electron chi connectivity index (χ2n) is 11.5. The zero-order chi connectivity index (χ0) is 30.0. The van der Waals surface area contributed by atoms with E-state index in [0.29, 0.717) is 60.3 Å². The lowest BCUT2D eigenvalue weighted by Gasteiger charge is -2.26. The molecule has 2 amide bonds. The molecule has 10 heteroatoms. The van der Waals surface area contributed by atoms with E-state index in [2.05, 4.69) is 41.4 Å². The number of benzene rings is 2. The molecule has 3 aromatic heterocycles. The van der Waals surface area contributed by atoms with Crippen LogP contribution in [-0.2, 0) is 10.2 Å². The topological polar surface area (TPSA) is 114 Å². The highest BCUT2D eigenvalue weighted by Gasteiger charge is 2.19. The molecule has 43 heavy (non-hydrogen) atoms. The van der Waals surface area contributed by atoms with Crippen molar-refractivity contribution in [3.8, 4) is 11.3 Å². The lowest BCUT2D eigenvalue weighted by molar-refractivity contribution is 0.0303. The Kier molecular flexibility index (Phi) is 7.60. The van der Waals surface area contributed by atoms with E-state index in [0.717, 1.165) is 16.9 Å². The largest absolute Gasteiger partial charge is 0.378 e. The van der Waals surface area contributed by atoms with Crippen molar-refractivity contribution in [1.82, 2.24) is 24.3 Å². The first-order chi connectivity index (χ1) is 20.7. The van der Waals surface area contributed by atoms with Crippen LogP contribution in [0.15, 0.2) is 85.5 Å². The second-order valence-corrected chi connectivity index (χ2v) is 11.5. The minimum absolute atomic E-state index is 0.00391. The number of ether oxygens (including phenoxy) is 1. The van der Waals surface area contributed by atoms with Gasteiger partial charge in [-0.15, -0.1) is 0 Å². The maximum absolute atomic E-state index is 13.0. The summed E-state index contributed by atoms with van der Waals surface area (Å²) in [4.78, 5) is 41.4. The molecule has 10 nitrogen and oxygen atoms in total. The molecule has 1 aliphatic rings. The number of amides is 2. The molecule has 1 saturated heterocycles. The molecule has 4 heterocycles. The van der Waals surface area contributed by atoms with Crippen LogP contribution in [0.3, 0.4) is 0 Å². The molecule has 0 atom stereocenters. The molecular weight excluding hydrogens is 542 g/mol. The van der Waals surface area contributed by atoms with Gasteiger partial charge in [0.2, 0.25) is 0 Å². The summed E-state index contributed by atoms with van der Waals surface area (Å²) in [5, 5.41) is 6.33. The quantitative estimate of drug-likeness (QED) is 0.273. The average molecular weight is 576 g/mol. The number of hydrogen-bond acceptors (Lipinski definition) is 7. The van der Waals surface area contributed by atoms with Gasteiger partial charge in [0.05, 0.1) is 24.5 Å². The van der Waals surface area contributed by atoms with Crippen LogP contribution >= 0.6 is 0 Å². The minimum atomic E-state index is -0.235. The van der Waals surface area contributed by atoms with Gasteiger partial charge in [0.15, 0.2) is 11.5 Å². The van der Waals surface area contributed by atoms with Crippen molar-refractivity contribution in [2.45, 2.75) is 26.2 Å². The Morgan fingerprint density at radius 1 is 0.907 bits per heavy atom. The van der Waals surface area contributed by atoms with Gasteiger partial charge < -0.3 is 24.7 Å². The third kappa shape index (κ3) is 6.24. The third-order valence-corrected chi connectivity index (χ3v) is 7.28. The molecule has 0 bridgehead atoms. The summed E-state index contributed by atoms with van der Waals surface area (Å²) in [6.07, 6.45) is 7.08. The Labute approximate surface area is 249 Å². The molecule has 2 N–H and O–H groups in total. The van der Waals surface area contributed by atoms with E-state index in [1.165, 1.54) is 0 Å². The number of carbonyl (C=O) groups excluding carboxylic acids is 2. The van der Waals surface area contributed by atoms with Crippen LogP contribution < -0.4 is 10.6 Å². The number of rotatable bonds is 6. The zero-order valence-corrected chi connectivity index (χ0v) is 24.4. The maximum atomic E-state index is 13.0. The summed E-state index contributed by atoms with van der Waals surface area (Å²) >= 11 is 0. The van der Waals surface area contributed by atoms with Gasteiger partial charge in [-0.25, -0.2) is 9.97 Å². The van der Waals surface area contributed by atoms with Crippen LogP contribution in [0.1, 0.15) is 47.2 Å². The van der Waals surface area contributed by atoms with Gasteiger partial charge in [0.1, 0.15) is 0 Å². The first-order valence-corrected chi connectivity index (χ1v) is 14.2. The van der Waals surface area contributed by atoms with E-state index in [-0.39, 0.29) is 17.2 Å². The van der Waals surface area contributed by atoms with Gasteiger partial charge in [-0.3, -0.25) is 14.6 Å². The smallest absolute Gasteiger partial charge is 0.257 e. The summed E-state index contributed by atoms with van der Waals surface area (Å²) in [5.74, 6) is 0.325. The highest BCUT2D eigenvalue weighted by Crippen LogP contribution is 2.27. The number of nitrogens with one attached hydrogen (secondary N) is 2. The Morgan fingerprint density at radius 3 is 2.40 bits per heavy atom. The summed E-state index contributed by atoms with van der Waals surface area (Å²) in [5.41, 5.74) is 5.54. The molecule has 1 aliphatic heterocycles. The fraction of sp³-hybridized carbons (Fsp3) is 0.242. The van der Waals surface area contributed by atoms with Gasteiger partial charge >= 0.3 is 0 Å². The Morgan fingerprint density at radius 2 is 1.67 bits per heavy atom. The summed E-state index contributed by atoms with van der Waals surface area (Å²) in [6.45, 7) is 8.57. The van der Waals surface area contributed by atoms with Gasteiger partial charge in [0.25, 0.3) is 11.8 Å². The number of pyridine rings is 1. The number of imidazole rings is 1. The highest BCUT2D eigenvalue weighted by atomic mass is 16.5. The first kappa shape index (κ1) is 28.0. The number of aromatic nitrogens is 4. The minimum Gasteiger partial charge on any atom is -0.378 e. The van der Waals surface area contributed by atoms with Crippen molar-refractivity contribution in [3.05, 3.63) is 102 Å². The van der Waals surface area contributed by atoms with E-state index in [9.17, 15) is 9.59 Å². The Bertz CT molecular complexity index is 1770. The fourth-order valence-corrected chi connectivity index (χ4v) is 4.87. The number of fused-ring (bicyclic) bond motifs is 1. The van der Waals surface area contributed by atoms with Gasteiger partial charge in [-0.2, -0.15) is 0 Å². The van der Waals surface area contributed by atoms with Crippen molar-refractivity contribution in [3.63, 3.8) is 0 Å². The third-order valence-electron chi connectivity index (χ3n) is 7.28. The molecule has 218 valence electrons. The molecular formula is C33H33N7O3. The number of hydrogen-bond donors (Lipinski definition) is 2. The predicted molar refractivity (Wildman–Crippen MR) is 166 cm³/mol. The molecule has 0 spiro atoms. The maximum Gasteiger partial charge on any atom is 0.257 e. The normalized spacial score (nSPS) is 13.6. The van der Waals surface area contributed by atoms with Crippen molar-refractivity contribution < 1.29 is 14.3 Å². The lowest BCUT2D eigenvalue weighted by atomic mass is 9.91. The molecule has 6 rings (SSSR count). The lowest BCUT2D eigenvalue weighted by Crippen LogP contribution is -2.40. The van der Waals surface area contributed by atoms with Crippen molar-refractivity contribution >= 4 is 34.7 Å². The first-order valence-electron chi connectivity index (χ1n) is 14.2. The molecule has 0 aliphatic carbocycles. The van der Waals surface area contributed by atoms with Crippen LogP contribution in [0.2, 0.25) is 0 Å². The Hall–Kier alpha value is -5.09. The van der Waals surface area contributed by atoms with Crippen molar-refractivity contribution in [2.75, 3.05) is 36.9 Å². The zero-order valence-electron chi connectivity index (χ0n) is 24.4. The molecule has 5 aromatic rings. The average Bonchev–Trinajstić information content (AvgIpc) is 3.51. The van der Waals surface area contributed by atoms with Crippen LogP contribution in [0.25, 0.3) is 16.9 Å². The van der Waals surface area contributed by atoms with Gasteiger partial charge in [-0.1, -0.05) is 32.9 Å². The predicted octanol–water partition coefficient (Wildman–Crippen LogP) is 5.56. The van der Waals surface area contributed by atoms with Gasteiger partial charge in [-0.05, 0) is 48.5 Å². The summed E-state index contributed by atoms with van der Waals surface area (Å²) < 4.78 is 7.25. The molecule has 1 fully saturated rings. The van der Waals surface area contributed by atoms with E-state index in [1.54, 1.807) is 23.4 Å². The van der Waals surface area contributed by atoms with E-state index < -0.39 is 0 Å². The molecule has 0 saturated carbocycles. The highest BCUT2D eigenvalue weighted by molar-refractivity contribution is 6.04. The second kappa shape index (κ2) is 11.7. The van der Waals surface area contributed by atoms with Crippen LogP contribution in [-0.4, -0.2) is 62.4 Å². The molecule has 0 unspecified atom stereocenters. The fourth-order valence-electron chi connectivity index (χ4n) is 4.87. The molecule has 2 aromatic carbocycles. The summed E-state index contributed by atoms with van der Waals surface area (Å²) in [6, 6.07) is 18.6. The number of anilines is 3. The van der Waals surface area contributed by atoms with Crippen molar-refractivity contribution in [2.24, 2.45) is 0 Å². The Balaban J connectivity index is 1.21. The summed E-state index contributed by atoms with van der Waals surface area (Å²) in [7, 11) is 0. The van der Waals surface area contributed by atoms with Crippen LogP contribution in [0.5, 0.6) is 0 Å². The number of morpholine rings is 1. The SMILES string of the molecule is CC(C)(C)c1ccc(C(=O)Nc2cccc(-c3cn4ccnc4c(Nc4ccc(C(=O)N5CCOCC5)cc4)n3)c2)cn1. The van der Waals surface area contributed by atoms with E-state index in [4.69, 9.17) is 9.72 Å². The van der Waals surface area contributed by atoms with Gasteiger partial charge in [0, 0.05) is 71.5 Å². The standard InChI is InChI=1S/C33H33N7O3/c1-33(2,3)28-12-9-24(20-35-28)31(41)37-26-6-4-5-23(19-26)27-21-40-14-13-34-30(40)29(38-27)36-25-10-7-22(8-11-25)32(42)39-15-17-43-18-16-39/h4-14,19-21H,15-18H2,1-3H3,(H,36,38)(H,37,41). The van der Waals surface area contributed by atoms with Crippen molar-refractivity contribution in [1.29, 1.82) is 0 Å². The van der Waals surface area contributed by atoms with Crippen LogP contribution in [0.4, 0.5) is 17.2 Å². The van der Waals surface area contributed by atoms with E-state index in [1.807, 2.05) is 71.4 Å². The van der Waals surface area contributed by atoms with Crippen LogP contribution in [0, 0.1) is 0 Å². The van der Waals surface area contributed by atoms with E-state index >= 15 is 0 Å². The molecule has 0 radical (unpaired) electrons. The number of carbonyl (C=O) groups is 2.